The number of aromatic hydroxyl groups is 1. The van der Waals surface area contributed by atoms with E-state index in [0.717, 1.165) is 12.8 Å². The molecule has 0 aromatic carbocycles. The van der Waals surface area contributed by atoms with Gasteiger partial charge in [-0.3, -0.25) is 9.78 Å². The molecule has 0 aliphatic heterocycles. The molecule has 1 fully saturated rings. The Balaban J connectivity index is 2.10. The van der Waals surface area contributed by atoms with Gasteiger partial charge in [-0.1, -0.05) is 0 Å². The van der Waals surface area contributed by atoms with Crippen molar-refractivity contribution in [2.75, 3.05) is 6.54 Å². The third-order valence-corrected chi connectivity index (χ3v) is 3.29. The molecule has 5 heteroatoms. The first-order chi connectivity index (χ1) is 8.05. The van der Waals surface area contributed by atoms with Crippen LogP contribution >= 0.6 is 0 Å². The van der Waals surface area contributed by atoms with Crippen LogP contribution in [0.4, 0.5) is 0 Å². The lowest BCUT2D eigenvalue weighted by atomic mass is 9.95. The molecule has 5 nitrogen and oxygen atoms in total. The Labute approximate surface area is 100 Å². The summed E-state index contributed by atoms with van der Waals surface area (Å²) >= 11 is 0. The monoisotopic (exact) mass is 235 g/mol. The number of pyridine rings is 1. The number of aromatic nitrogens is 1. The number of hydrogen-bond acceptors (Lipinski definition) is 4. The molecule has 2 rings (SSSR count). The summed E-state index contributed by atoms with van der Waals surface area (Å²) < 4.78 is 0. The minimum Gasteiger partial charge on any atom is -0.506 e. The van der Waals surface area contributed by atoms with Crippen molar-refractivity contribution < 1.29 is 9.90 Å². The van der Waals surface area contributed by atoms with Crippen LogP contribution < -0.4 is 11.1 Å². The van der Waals surface area contributed by atoms with Crippen LogP contribution in [0.3, 0.4) is 0 Å². The fraction of sp³-hybridized carbons (Fsp3) is 0.500. The van der Waals surface area contributed by atoms with E-state index in [2.05, 4.69) is 10.3 Å². The van der Waals surface area contributed by atoms with Gasteiger partial charge in [-0.25, -0.2) is 0 Å². The van der Waals surface area contributed by atoms with Gasteiger partial charge in [0.1, 0.15) is 5.75 Å². The van der Waals surface area contributed by atoms with Gasteiger partial charge in [-0.2, -0.15) is 0 Å². The predicted molar refractivity (Wildman–Crippen MR) is 63.6 cm³/mol. The summed E-state index contributed by atoms with van der Waals surface area (Å²) in [6.45, 7) is 2.37. The van der Waals surface area contributed by atoms with Gasteiger partial charge >= 0.3 is 0 Å². The van der Waals surface area contributed by atoms with Crippen molar-refractivity contribution >= 4 is 5.91 Å². The molecule has 1 amide bonds. The van der Waals surface area contributed by atoms with E-state index >= 15 is 0 Å². The summed E-state index contributed by atoms with van der Waals surface area (Å²) in [5, 5.41) is 12.2. The third-order valence-electron chi connectivity index (χ3n) is 3.29. The lowest BCUT2D eigenvalue weighted by Crippen LogP contribution is -2.53. The molecule has 1 saturated carbocycles. The van der Waals surface area contributed by atoms with Gasteiger partial charge in [0, 0.05) is 12.7 Å². The molecular formula is C12H17N3O2. The molecule has 1 unspecified atom stereocenters. The summed E-state index contributed by atoms with van der Waals surface area (Å²) in [7, 11) is 0. The molecule has 1 aromatic heterocycles. The van der Waals surface area contributed by atoms with Gasteiger partial charge in [0.25, 0.3) is 5.91 Å². The molecule has 1 aliphatic carbocycles. The van der Waals surface area contributed by atoms with Gasteiger partial charge in [-0.15, -0.1) is 0 Å². The highest BCUT2D eigenvalue weighted by Gasteiger charge is 2.41. The predicted octanol–water partition coefficient (Wildman–Crippen LogP) is 0.644. The maximum atomic E-state index is 12.0. The molecule has 1 atom stereocenters. The van der Waals surface area contributed by atoms with Crippen molar-refractivity contribution in [3.8, 4) is 5.75 Å². The molecule has 0 bridgehead atoms. The van der Waals surface area contributed by atoms with Crippen molar-refractivity contribution in [2.45, 2.75) is 25.3 Å². The van der Waals surface area contributed by atoms with Crippen LogP contribution in [-0.4, -0.2) is 28.1 Å². The van der Waals surface area contributed by atoms with Crippen LogP contribution in [0.2, 0.25) is 0 Å². The Hall–Kier alpha value is -1.62. The van der Waals surface area contributed by atoms with Crippen molar-refractivity contribution in [2.24, 2.45) is 11.7 Å². The number of rotatable bonds is 4. The summed E-state index contributed by atoms with van der Waals surface area (Å²) in [5.41, 5.74) is 5.72. The second-order valence-corrected chi connectivity index (χ2v) is 4.78. The Morgan fingerprint density at radius 3 is 2.88 bits per heavy atom. The fourth-order valence-corrected chi connectivity index (χ4v) is 1.92. The van der Waals surface area contributed by atoms with E-state index < -0.39 is 0 Å². The smallest absolute Gasteiger partial charge is 0.253 e. The number of nitrogens with two attached hydrogens (primary N) is 1. The van der Waals surface area contributed by atoms with Crippen LogP contribution in [0.15, 0.2) is 18.5 Å². The number of carbonyl (C=O) groups is 1. The Morgan fingerprint density at radius 1 is 1.65 bits per heavy atom. The van der Waals surface area contributed by atoms with E-state index in [1.54, 1.807) is 0 Å². The number of nitrogens with zero attached hydrogens (tertiary/aromatic N) is 1. The van der Waals surface area contributed by atoms with Gasteiger partial charge < -0.3 is 16.2 Å². The van der Waals surface area contributed by atoms with Gasteiger partial charge in [0.15, 0.2) is 0 Å². The van der Waals surface area contributed by atoms with Crippen LogP contribution in [0.1, 0.15) is 30.1 Å². The topological polar surface area (TPSA) is 88.2 Å². The van der Waals surface area contributed by atoms with Gasteiger partial charge in [0.05, 0.1) is 17.3 Å². The van der Waals surface area contributed by atoms with Crippen LogP contribution in [0.25, 0.3) is 0 Å². The normalized spacial score (nSPS) is 18.5. The summed E-state index contributed by atoms with van der Waals surface area (Å²) in [6.07, 6.45) is 4.93. The number of amides is 1. The third kappa shape index (κ3) is 2.55. The van der Waals surface area contributed by atoms with E-state index in [0.29, 0.717) is 18.0 Å². The highest BCUT2D eigenvalue weighted by molar-refractivity contribution is 5.94. The minimum atomic E-state index is -0.359. The molecule has 0 saturated heterocycles. The maximum absolute atomic E-state index is 12.0. The van der Waals surface area contributed by atoms with E-state index in [9.17, 15) is 9.90 Å². The second kappa shape index (κ2) is 4.33. The molecule has 1 aromatic rings. The molecule has 1 aliphatic rings. The number of hydrogen-bond donors (Lipinski definition) is 3. The lowest BCUT2D eigenvalue weighted by Gasteiger charge is -2.29. The zero-order valence-corrected chi connectivity index (χ0v) is 9.81. The van der Waals surface area contributed by atoms with E-state index in [1.165, 1.54) is 18.5 Å². The molecule has 0 spiro atoms. The Kier molecular flexibility index (Phi) is 3.02. The van der Waals surface area contributed by atoms with Crippen molar-refractivity contribution in [1.29, 1.82) is 0 Å². The van der Waals surface area contributed by atoms with Gasteiger partial charge in [0.2, 0.25) is 0 Å². The molecule has 17 heavy (non-hydrogen) atoms. The summed E-state index contributed by atoms with van der Waals surface area (Å²) in [4.78, 5) is 15.8. The first-order valence-electron chi connectivity index (χ1n) is 5.72. The Bertz CT molecular complexity index is 432. The first kappa shape index (κ1) is 11.9. The van der Waals surface area contributed by atoms with E-state index in [1.807, 2.05) is 6.92 Å². The van der Waals surface area contributed by atoms with Crippen LogP contribution in [0, 0.1) is 5.92 Å². The van der Waals surface area contributed by atoms with E-state index in [4.69, 9.17) is 5.73 Å². The number of nitrogens with one attached hydrogen (secondary N) is 1. The maximum Gasteiger partial charge on any atom is 0.253 e. The largest absolute Gasteiger partial charge is 0.506 e. The van der Waals surface area contributed by atoms with E-state index in [-0.39, 0.29) is 17.2 Å². The standard InChI is InChI=1S/C12H17N3O2/c1-12(7-13,9-2-3-9)15-11(17)8-4-10(16)6-14-5-8/h4-6,9,16H,2-3,7,13H2,1H3,(H,15,17). The van der Waals surface area contributed by atoms with Crippen molar-refractivity contribution in [3.63, 3.8) is 0 Å². The molecule has 1 heterocycles. The lowest BCUT2D eigenvalue weighted by molar-refractivity contribution is 0.0897. The average molecular weight is 235 g/mol. The Morgan fingerprint density at radius 2 is 2.35 bits per heavy atom. The van der Waals surface area contributed by atoms with Crippen molar-refractivity contribution in [3.05, 3.63) is 24.0 Å². The molecule has 4 N–H and O–H groups in total. The second-order valence-electron chi connectivity index (χ2n) is 4.78. The first-order valence-corrected chi connectivity index (χ1v) is 5.72. The molecule has 92 valence electrons. The van der Waals surface area contributed by atoms with Crippen LogP contribution in [-0.2, 0) is 0 Å². The number of carbonyl (C=O) groups excluding carboxylic acids is 1. The van der Waals surface area contributed by atoms with Crippen LogP contribution in [0.5, 0.6) is 5.75 Å². The highest BCUT2D eigenvalue weighted by atomic mass is 16.3. The highest BCUT2D eigenvalue weighted by Crippen LogP contribution is 2.39. The molecular weight excluding hydrogens is 218 g/mol. The fourth-order valence-electron chi connectivity index (χ4n) is 1.92. The van der Waals surface area contributed by atoms with Gasteiger partial charge in [-0.05, 0) is 31.7 Å². The van der Waals surface area contributed by atoms with Crippen molar-refractivity contribution in [1.82, 2.24) is 10.3 Å². The summed E-state index contributed by atoms with van der Waals surface area (Å²) in [6, 6.07) is 1.40. The summed E-state index contributed by atoms with van der Waals surface area (Å²) in [5.74, 6) is 0.202. The average Bonchev–Trinajstić information content (AvgIpc) is 3.13. The minimum absolute atomic E-state index is 0.0153. The SMILES string of the molecule is CC(CN)(NC(=O)c1cncc(O)c1)C1CC1. The quantitative estimate of drug-likeness (QED) is 0.714. The molecule has 0 radical (unpaired) electrons. The zero-order chi connectivity index (χ0) is 12.5. The zero-order valence-electron chi connectivity index (χ0n) is 9.81.